The van der Waals surface area contributed by atoms with Crippen molar-refractivity contribution >= 4 is 61.1 Å². The van der Waals surface area contributed by atoms with Crippen LogP contribution in [0.5, 0.6) is 0 Å². The number of alkyl halides is 1. The van der Waals surface area contributed by atoms with Gasteiger partial charge < -0.3 is 15.2 Å². The summed E-state index contributed by atoms with van der Waals surface area (Å²) in [6, 6.07) is 0. The van der Waals surface area contributed by atoms with Gasteiger partial charge in [0.1, 0.15) is 22.6 Å². The molecule has 2 aliphatic rings. The molecule has 1 aromatic rings. The molecule has 0 saturated heterocycles. The number of thiophene rings is 1. The molecule has 11 heteroatoms. The maximum absolute atomic E-state index is 12.9. The normalized spacial score (nSPS) is 16.9. The van der Waals surface area contributed by atoms with Crippen LogP contribution in [0.4, 0.5) is 5.00 Å². The van der Waals surface area contributed by atoms with Gasteiger partial charge in [0.05, 0.1) is 11.5 Å². The number of nitrogens with one attached hydrogen (secondary N) is 2. The van der Waals surface area contributed by atoms with Crippen molar-refractivity contribution in [2.75, 3.05) is 23.5 Å². The number of aliphatic hydroxyl groups is 1. The van der Waals surface area contributed by atoms with Crippen LogP contribution < -0.4 is 15.6 Å². The summed E-state index contributed by atoms with van der Waals surface area (Å²) in [5.41, 5.74) is 5.24. The number of esters is 1. The van der Waals surface area contributed by atoms with E-state index in [0.717, 1.165) is 36.2 Å². The first-order valence-corrected chi connectivity index (χ1v) is 13.2. The van der Waals surface area contributed by atoms with Gasteiger partial charge in [0.25, 0.3) is 5.91 Å². The topological polar surface area (TPSA) is 103 Å². The highest BCUT2D eigenvalue weighted by Gasteiger charge is 2.37. The number of thioether (sulfide) groups is 1. The van der Waals surface area contributed by atoms with Crippen molar-refractivity contribution in [2.45, 2.75) is 63.9 Å². The van der Waals surface area contributed by atoms with Crippen LogP contribution in [-0.2, 0) is 22.4 Å². The lowest BCUT2D eigenvalue weighted by Crippen LogP contribution is -2.36. The van der Waals surface area contributed by atoms with Gasteiger partial charge in [-0.05, 0) is 57.6 Å². The summed E-state index contributed by atoms with van der Waals surface area (Å²) in [5, 5.41) is 19.4. The molecule has 1 atom stereocenters. The second kappa shape index (κ2) is 10.5. The van der Waals surface area contributed by atoms with Crippen molar-refractivity contribution in [3.8, 4) is 0 Å². The Morgan fingerprint density at radius 2 is 2.10 bits per heavy atom. The molecule has 1 aliphatic carbocycles. The first-order chi connectivity index (χ1) is 14.8. The molecule has 0 bridgehead atoms. The van der Waals surface area contributed by atoms with Crippen molar-refractivity contribution in [1.29, 1.82) is 0 Å². The quantitative estimate of drug-likeness (QED) is 0.268. The van der Waals surface area contributed by atoms with Gasteiger partial charge in [-0.15, -0.1) is 11.3 Å². The third-order valence-electron chi connectivity index (χ3n) is 5.08. The monoisotopic (exact) mass is 532 g/mol. The number of carbonyl (C=O) groups excluding carboxylic acids is 2. The molecule has 1 aromatic heterocycles. The smallest absolute Gasteiger partial charge is 0.322 e. The largest absolute Gasteiger partial charge is 0.465 e. The SMILES string of the molecule is CCOC(=O)C(C)(C)SC1=NNCN1c1sc(C(=O)NC(O)CCBr)c2c1CCCC2. The van der Waals surface area contributed by atoms with E-state index in [1.54, 1.807) is 6.92 Å². The molecule has 1 amide bonds. The minimum absolute atomic E-state index is 0.243. The van der Waals surface area contributed by atoms with E-state index >= 15 is 0 Å². The Hall–Kier alpha value is -1.30. The number of hydrazone groups is 1. The number of ether oxygens (including phenoxy) is 1. The molecule has 3 rings (SSSR count). The van der Waals surface area contributed by atoms with Gasteiger partial charge in [-0.3, -0.25) is 19.9 Å². The molecule has 1 unspecified atom stereocenters. The van der Waals surface area contributed by atoms with Gasteiger partial charge in [0.15, 0.2) is 5.17 Å². The number of nitrogens with zero attached hydrogens (tertiary/aromatic N) is 2. The standard InChI is InChI=1S/C20H29BrN4O4S2/c1-4-29-18(28)20(2,3)31-19-24-22-11-25(19)17-13-8-6-5-7-12(13)15(30-17)16(27)23-14(26)9-10-21/h14,22,26H,4-11H2,1-3H3,(H,23,27). The summed E-state index contributed by atoms with van der Waals surface area (Å²) in [5.74, 6) is -0.531. The van der Waals surface area contributed by atoms with Crippen LogP contribution in [0, 0.1) is 0 Å². The zero-order valence-corrected chi connectivity index (χ0v) is 21.2. The van der Waals surface area contributed by atoms with E-state index in [1.165, 1.54) is 28.7 Å². The second-order valence-electron chi connectivity index (χ2n) is 7.84. The molecule has 3 N–H and O–H groups in total. The van der Waals surface area contributed by atoms with Crippen molar-refractivity contribution in [3.63, 3.8) is 0 Å². The Morgan fingerprint density at radius 1 is 1.39 bits per heavy atom. The van der Waals surface area contributed by atoms with Crippen LogP contribution in [0.25, 0.3) is 0 Å². The zero-order valence-electron chi connectivity index (χ0n) is 18.0. The van der Waals surface area contributed by atoms with Gasteiger partial charge >= 0.3 is 5.97 Å². The molecule has 1 aliphatic heterocycles. The van der Waals surface area contributed by atoms with Crippen molar-refractivity contribution < 1.29 is 19.4 Å². The average molecular weight is 534 g/mol. The average Bonchev–Trinajstić information content (AvgIpc) is 3.32. The van der Waals surface area contributed by atoms with E-state index in [9.17, 15) is 14.7 Å². The summed E-state index contributed by atoms with van der Waals surface area (Å²) in [4.78, 5) is 27.9. The summed E-state index contributed by atoms with van der Waals surface area (Å²) in [6.45, 7) is 6.24. The molecular weight excluding hydrogens is 504 g/mol. The fourth-order valence-electron chi connectivity index (χ4n) is 3.52. The fraction of sp³-hybridized carbons (Fsp3) is 0.650. The number of amidine groups is 1. The number of hydrogen-bond donors (Lipinski definition) is 3. The molecule has 8 nitrogen and oxygen atoms in total. The van der Waals surface area contributed by atoms with Gasteiger partial charge in [0.2, 0.25) is 0 Å². The number of anilines is 1. The maximum Gasteiger partial charge on any atom is 0.322 e. The van der Waals surface area contributed by atoms with E-state index in [-0.39, 0.29) is 11.9 Å². The lowest BCUT2D eigenvalue weighted by Gasteiger charge is -2.26. The maximum atomic E-state index is 12.9. The van der Waals surface area contributed by atoms with Crippen LogP contribution in [0.3, 0.4) is 0 Å². The lowest BCUT2D eigenvalue weighted by atomic mass is 9.93. The Bertz CT molecular complexity index is 858. The minimum Gasteiger partial charge on any atom is -0.465 e. The van der Waals surface area contributed by atoms with Crippen LogP contribution in [0.1, 0.15) is 60.8 Å². The van der Waals surface area contributed by atoms with Gasteiger partial charge in [0, 0.05) is 11.8 Å². The minimum atomic E-state index is -0.886. The summed E-state index contributed by atoms with van der Waals surface area (Å²) >= 11 is 6.06. The number of halogens is 1. The Kier molecular flexibility index (Phi) is 8.28. The molecular formula is C20H29BrN4O4S2. The number of aliphatic hydroxyl groups excluding tert-OH is 1. The predicted octanol–water partition coefficient (Wildman–Crippen LogP) is 3.17. The third-order valence-corrected chi connectivity index (χ3v) is 8.00. The summed E-state index contributed by atoms with van der Waals surface area (Å²) in [7, 11) is 0. The van der Waals surface area contributed by atoms with E-state index in [4.69, 9.17) is 4.74 Å². The Labute approximate surface area is 199 Å². The van der Waals surface area contributed by atoms with Gasteiger partial charge in [-0.1, -0.05) is 27.7 Å². The molecule has 0 aromatic carbocycles. The first kappa shape index (κ1) is 24.3. The molecule has 0 fully saturated rings. The second-order valence-corrected chi connectivity index (χ2v) is 11.2. The lowest BCUT2D eigenvalue weighted by molar-refractivity contribution is -0.145. The van der Waals surface area contributed by atoms with Gasteiger partial charge in [-0.2, -0.15) is 5.10 Å². The number of hydrogen-bond acceptors (Lipinski definition) is 9. The van der Waals surface area contributed by atoms with E-state index in [1.807, 2.05) is 18.7 Å². The number of rotatable bonds is 8. The summed E-state index contributed by atoms with van der Waals surface area (Å²) < 4.78 is 4.41. The molecule has 0 radical (unpaired) electrons. The number of carbonyl (C=O) groups is 2. The molecule has 2 heterocycles. The van der Waals surface area contributed by atoms with E-state index < -0.39 is 11.0 Å². The highest BCUT2D eigenvalue weighted by atomic mass is 79.9. The van der Waals surface area contributed by atoms with Crippen molar-refractivity contribution in [1.82, 2.24) is 10.7 Å². The molecule has 0 spiro atoms. The third kappa shape index (κ3) is 5.55. The first-order valence-electron chi connectivity index (χ1n) is 10.4. The Balaban J connectivity index is 1.86. The van der Waals surface area contributed by atoms with Crippen LogP contribution in [0.2, 0.25) is 0 Å². The van der Waals surface area contributed by atoms with Crippen LogP contribution in [0.15, 0.2) is 5.10 Å². The fourth-order valence-corrected chi connectivity index (χ4v) is 6.29. The highest BCUT2D eigenvalue weighted by molar-refractivity contribution is 9.09. The van der Waals surface area contributed by atoms with Crippen molar-refractivity contribution in [2.24, 2.45) is 5.10 Å². The van der Waals surface area contributed by atoms with E-state index in [2.05, 4.69) is 31.8 Å². The van der Waals surface area contributed by atoms with Crippen molar-refractivity contribution in [3.05, 3.63) is 16.0 Å². The Morgan fingerprint density at radius 3 is 2.77 bits per heavy atom. The molecule has 31 heavy (non-hydrogen) atoms. The summed E-state index contributed by atoms with van der Waals surface area (Å²) in [6.07, 6.45) is 3.41. The number of fused-ring (bicyclic) bond motifs is 1. The number of amides is 1. The molecule has 172 valence electrons. The predicted molar refractivity (Wildman–Crippen MR) is 129 cm³/mol. The zero-order chi connectivity index (χ0) is 22.6. The van der Waals surface area contributed by atoms with Gasteiger partial charge in [-0.25, -0.2) is 0 Å². The van der Waals surface area contributed by atoms with Crippen LogP contribution >= 0.6 is 39.0 Å². The van der Waals surface area contributed by atoms with Crippen LogP contribution in [-0.4, -0.2) is 51.7 Å². The van der Waals surface area contributed by atoms with E-state index in [0.29, 0.717) is 35.1 Å². The highest BCUT2D eigenvalue weighted by Crippen LogP contribution is 2.43. The molecule has 0 saturated carbocycles.